The van der Waals surface area contributed by atoms with Crippen molar-refractivity contribution in [2.45, 2.75) is 58.2 Å². The lowest BCUT2D eigenvalue weighted by Crippen LogP contribution is -2.50. The Morgan fingerprint density at radius 3 is 2.37 bits per heavy atom. The van der Waals surface area contributed by atoms with Gasteiger partial charge >= 0.3 is 6.18 Å². The molecule has 0 aromatic carbocycles. The number of carbonyl (C=O) groups is 1. The van der Waals surface area contributed by atoms with Gasteiger partial charge < -0.3 is 11.1 Å². The van der Waals surface area contributed by atoms with Crippen LogP contribution in [0.5, 0.6) is 0 Å². The predicted molar refractivity (Wildman–Crippen MR) is 67.4 cm³/mol. The van der Waals surface area contributed by atoms with Crippen LogP contribution in [0.1, 0.15) is 46.0 Å². The number of hydrogen-bond donors (Lipinski definition) is 2. The number of halogens is 3. The first kappa shape index (κ1) is 16.3. The number of alkyl halides is 3. The SMILES string of the molecule is CC1CCC(CN)(C(=O)NC(C)CC(F)(F)F)CC1. The van der Waals surface area contributed by atoms with Crippen LogP contribution >= 0.6 is 0 Å². The van der Waals surface area contributed by atoms with Crippen molar-refractivity contribution in [2.75, 3.05) is 6.54 Å². The lowest BCUT2D eigenvalue weighted by Gasteiger charge is -2.38. The maximum Gasteiger partial charge on any atom is 0.391 e. The van der Waals surface area contributed by atoms with Crippen LogP contribution in [0, 0.1) is 11.3 Å². The molecular weight excluding hydrogens is 257 g/mol. The second kappa shape index (κ2) is 6.11. The molecule has 0 aliphatic heterocycles. The maximum absolute atomic E-state index is 12.3. The standard InChI is InChI=1S/C13H23F3N2O/c1-9-3-5-12(8-17,6-4-9)11(19)18-10(2)7-13(14,15)16/h9-10H,3-8,17H2,1-2H3,(H,18,19). The van der Waals surface area contributed by atoms with E-state index in [1.807, 2.05) is 0 Å². The van der Waals surface area contributed by atoms with E-state index >= 15 is 0 Å². The Morgan fingerprint density at radius 2 is 1.95 bits per heavy atom. The topological polar surface area (TPSA) is 55.1 Å². The van der Waals surface area contributed by atoms with Crippen LogP contribution in [-0.2, 0) is 4.79 Å². The summed E-state index contributed by atoms with van der Waals surface area (Å²) in [5.74, 6) is 0.235. The molecule has 0 aromatic heterocycles. The minimum atomic E-state index is -4.26. The fourth-order valence-corrected chi connectivity index (χ4v) is 2.61. The molecule has 0 radical (unpaired) electrons. The van der Waals surface area contributed by atoms with Gasteiger partial charge in [-0.1, -0.05) is 6.92 Å². The highest BCUT2D eigenvalue weighted by molar-refractivity contribution is 5.83. The lowest BCUT2D eigenvalue weighted by molar-refractivity contribution is -0.144. The summed E-state index contributed by atoms with van der Waals surface area (Å²) in [4.78, 5) is 12.2. The Morgan fingerprint density at radius 1 is 1.42 bits per heavy atom. The van der Waals surface area contributed by atoms with E-state index in [4.69, 9.17) is 5.73 Å². The van der Waals surface area contributed by atoms with Crippen molar-refractivity contribution >= 4 is 5.91 Å². The van der Waals surface area contributed by atoms with Crippen molar-refractivity contribution in [1.29, 1.82) is 0 Å². The lowest BCUT2D eigenvalue weighted by atomic mass is 9.70. The fraction of sp³-hybridized carbons (Fsp3) is 0.923. The zero-order valence-electron chi connectivity index (χ0n) is 11.5. The monoisotopic (exact) mass is 280 g/mol. The van der Waals surface area contributed by atoms with E-state index in [2.05, 4.69) is 12.2 Å². The van der Waals surface area contributed by atoms with E-state index < -0.39 is 24.1 Å². The van der Waals surface area contributed by atoms with Gasteiger partial charge in [0.05, 0.1) is 11.8 Å². The van der Waals surface area contributed by atoms with Gasteiger partial charge in [0.1, 0.15) is 0 Å². The molecule has 0 aromatic rings. The zero-order chi connectivity index (χ0) is 14.7. The highest BCUT2D eigenvalue weighted by Crippen LogP contribution is 2.38. The molecule has 1 unspecified atom stereocenters. The molecular formula is C13H23F3N2O. The van der Waals surface area contributed by atoms with Gasteiger partial charge in [-0.05, 0) is 38.5 Å². The summed E-state index contributed by atoms with van der Waals surface area (Å²) in [6.07, 6.45) is -2.14. The molecule has 1 rings (SSSR count). The predicted octanol–water partition coefficient (Wildman–Crippen LogP) is 2.60. The molecule has 1 atom stereocenters. The van der Waals surface area contributed by atoms with Crippen LogP contribution in [0.4, 0.5) is 13.2 Å². The van der Waals surface area contributed by atoms with Crippen LogP contribution in [-0.4, -0.2) is 24.7 Å². The second-order valence-corrected chi connectivity index (χ2v) is 5.86. The molecule has 3 nitrogen and oxygen atoms in total. The van der Waals surface area contributed by atoms with Gasteiger partial charge in [0.25, 0.3) is 0 Å². The Hall–Kier alpha value is -0.780. The molecule has 19 heavy (non-hydrogen) atoms. The molecule has 0 saturated heterocycles. The Kier molecular flexibility index (Phi) is 5.24. The quantitative estimate of drug-likeness (QED) is 0.831. The average Bonchev–Trinajstić information content (AvgIpc) is 2.27. The summed E-state index contributed by atoms with van der Waals surface area (Å²) in [5.41, 5.74) is 5.03. The van der Waals surface area contributed by atoms with E-state index in [1.165, 1.54) is 6.92 Å². The number of hydrogen-bond acceptors (Lipinski definition) is 2. The number of carbonyl (C=O) groups excluding carboxylic acids is 1. The van der Waals surface area contributed by atoms with Crippen LogP contribution in [0.25, 0.3) is 0 Å². The molecule has 1 amide bonds. The highest BCUT2D eigenvalue weighted by Gasteiger charge is 2.41. The summed E-state index contributed by atoms with van der Waals surface area (Å²) >= 11 is 0. The van der Waals surface area contributed by atoms with Crippen molar-refractivity contribution in [3.05, 3.63) is 0 Å². The molecule has 1 aliphatic carbocycles. The molecule has 1 fully saturated rings. The summed E-state index contributed by atoms with van der Waals surface area (Å²) < 4.78 is 36.8. The smallest absolute Gasteiger partial charge is 0.353 e. The number of amides is 1. The first-order valence-electron chi connectivity index (χ1n) is 6.76. The first-order chi connectivity index (χ1) is 8.68. The summed E-state index contributed by atoms with van der Waals surface area (Å²) in [5, 5.41) is 2.47. The van der Waals surface area contributed by atoms with Crippen molar-refractivity contribution in [3.63, 3.8) is 0 Å². The van der Waals surface area contributed by atoms with E-state index in [9.17, 15) is 18.0 Å². The van der Waals surface area contributed by atoms with Crippen molar-refractivity contribution in [1.82, 2.24) is 5.32 Å². The zero-order valence-corrected chi connectivity index (χ0v) is 11.5. The van der Waals surface area contributed by atoms with Gasteiger partial charge in [-0.15, -0.1) is 0 Å². The molecule has 0 heterocycles. The van der Waals surface area contributed by atoms with Crippen LogP contribution in [0.2, 0.25) is 0 Å². The van der Waals surface area contributed by atoms with E-state index in [-0.39, 0.29) is 12.5 Å². The van der Waals surface area contributed by atoms with Crippen molar-refractivity contribution < 1.29 is 18.0 Å². The number of nitrogens with two attached hydrogens (primary N) is 1. The molecule has 112 valence electrons. The molecule has 1 aliphatic rings. The Balaban J connectivity index is 2.59. The van der Waals surface area contributed by atoms with Gasteiger partial charge in [-0.25, -0.2) is 0 Å². The fourth-order valence-electron chi connectivity index (χ4n) is 2.61. The number of rotatable bonds is 4. The first-order valence-corrected chi connectivity index (χ1v) is 6.76. The minimum absolute atomic E-state index is 0.199. The van der Waals surface area contributed by atoms with Crippen molar-refractivity contribution in [2.24, 2.45) is 17.1 Å². The maximum atomic E-state index is 12.3. The summed E-state index contributed by atoms with van der Waals surface area (Å²) in [6, 6.07) is -0.907. The summed E-state index contributed by atoms with van der Waals surface area (Å²) in [6.45, 7) is 3.69. The molecule has 3 N–H and O–H groups in total. The average molecular weight is 280 g/mol. The minimum Gasteiger partial charge on any atom is -0.353 e. The molecule has 0 bridgehead atoms. The van der Waals surface area contributed by atoms with Gasteiger partial charge in [-0.3, -0.25) is 4.79 Å². The van der Waals surface area contributed by atoms with E-state index in [1.54, 1.807) is 0 Å². The van der Waals surface area contributed by atoms with E-state index in [0.717, 1.165) is 12.8 Å². The largest absolute Gasteiger partial charge is 0.391 e. The molecule has 0 spiro atoms. The second-order valence-electron chi connectivity index (χ2n) is 5.86. The highest BCUT2D eigenvalue weighted by atomic mass is 19.4. The number of nitrogens with one attached hydrogen (secondary N) is 1. The third kappa shape index (κ3) is 4.67. The van der Waals surface area contributed by atoms with E-state index in [0.29, 0.717) is 18.8 Å². The van der Waals surface area contributed by atoms with Crippen LogP contribution in [0.15, 0.2) is 0 Å². The van der Waals surface area contributed by atoms with Crippen molar-refractivity contribution in [3.8, 4) is 0 Å². The Labute approximate surface area is 112 Å². The van der Waals surface area contributed by atoms with Crippen LogP contribution in [0.3, 0.4) is 0 Å². The molecule has 1 saturated carbocycles. The molecule has 6 heteroatoms. The summed E-state index contributed by atoms with van der Waals surface area (Å²) in [7, 11) is 0. The van der Waals surface area contributed by atoms with Gasteiger partial charge in [0.2, 0.25) is 5.91 Å². The Bertz CT molecular complexity index is 310. The third-order valence-electron chi connectivity index (χ3n) is 4.02. The normalized spacial score (nSPS) is 29.9. The van der Waals surface area contributed by atoms with Gasteiger partial charge in [0.15, 0.2) is 0 Å². The third-order valence-corrected chi connectivity index (χ3v) is 4.02. The van der Waals surface area contributed by atoms with Gasteiger partial charge in [-0.2, -0.15) is 13.2 Å². The van der Waals surface area contributed by atoms with Gasteiger partial charge in [0, 0.05) is 12.6 Å². The van der Waals surface area contributed by atoms with Crippen LogP contribution < -0.4 is 11.1 Å².